The minimum Gasteiger partial charge on any atom is -0.494 e. The average molecular weight is 386 g/mol. The maximum absolute atomic E-state index is 13.6. The van der Waals surface area contributed by atoms with Crippen molar-refractivity contribution in [1.82, 2.24) is 10.9 Å². The molecule has 0 aliphatic rings. The van der Waals surface area contributed by atoms with Crippen LogP contribution in [0.1, 0.15) is 23.6 Å². The predicted molar refractivity (Wildman–Crippen MR) is 104 cm³/mol. The first-order valence-corrected chi connectivity index (χ1v) is 8.66. The van der Waals surface area contributed by atoms with Crippen molar-refractivity contribution in [3.05, 3.63) is 65.0 Å². The van der Waals surface area contributed by atoms with Gasteiger partial charge in [0.1, 0.15) is 5.75 Å². The number of ether oxygens (including phenoxy) is 2. The van der Waals surface area contributed by atoms with Gasteiger partial charge in [0.2, 0.25) is 0 Å². The van der Waals surface area contributed by atoms with E-state index >= 15 is 0 Å². The van der Waals surface area contributed by atoms with Gasteiger partial charge in [-0.15, -0.1) is 0 Å². The lowest BCUT2D eigenvalue weighted by Gasteiger charge is -2.17. The molecule has 0 aromatic heterocycles. The molecule has 148 valence electrons. The van der Waals surface area contributed by atoms with Crippen LogP contribution in [-0.2, 0) is 9.59 Å². The van der Waals surface area contributed by atoms with Crippen LogP contribution >= 0.6 is 0 Å². The Morgan fingerprint density at radius 2 is 1.86 bits per heavy atom. The summed E-state index contributed by atoms with van der Waals surface area (Å²) >= 11 is 0. The number of nitrogens with one attached hydrogen (secondary N) is 2. The number of halogens is 1. The largest absolute Gasteiger partial charge is 0.494 e. The summed E-state index contributed by atoms with van der Waals surface area (Å²) in [7, 11) is 1.37. The number of hydrazine groups is 1. The number of carbonyl (C=O) groups excluding carboxylic acids is 2. The van der Waals surface area contributed by atoms with E-state index in [1.165, 1.54) is 31.4 Å². The molecule has 0 fully saturated rings. The summed E-state index contributed by atoms with van der Waals surface area (Å²) in [5, 5.41) is 0. The highest BCUT2D eigenvalue weighted by molar-refractivity contribution is 5.93. The van der Waals surface area contributed by atoms with Crippen molar-refractivity contribution in [3.63, 3.8) is 0 Å². The molecule has 2 amide bonds. The highest BCUT2D eigenvalue weighted by Crippen LogP contribution is 2.21. The molecule has 2 rings (SSSR count). The van der Waals surface area contributed by atoms with Gasteiger partial charge in [0, 0.05) is 6.08 Å². The highest BCUT2D eigenvalue weighted by atomic mass is 19.1. The monoisotopic (exact) mass is 386 g/mol. The molecule has 1 atom stereocenters. The number of benzene rings is 2. The number of rotatable bonds is 6. The number of hydrogen-bond acceptors (Lipinski definition) is 4. The molecule has 0 aliphatic carbocycles. The maximum atomic E-state index is 13.6. The molecular weight excluding hydrogens is 363 g/mol. The standard InChI is InChI=1S/C21H23FN2O4/c1-13-6-5-7-18(14(13)2)28-15(3)21(26)24-23-20(25)11-9-16-8-10-19(27-4)17(22)12-16/h5-12,15H,1-4H3,(H,23,25)(H,24,26)/b11-9+. The third-order valence-electron chi connectivity index (χ3n) is 4.14. The topological polar surface area (TPSA) is 76.7 Å². The minimum absolute atomic E-state index is 0.117. The Labute approximate surface area is 163 Å². The van der Waals surface area contributed by atoms with E-state index in [0.717, 1.165) is 11.1 Å². The average Bonchev–Trinajstić information content (AvgIpc) is 2.68. The van der Waals surface area contributed by atoms with Crippen LogP contribution in [0, 0.1) is 19.7 Å². The summed E-state index contributed by atoms with van der Waals surface area (Å²) in [6, 6.07) is 9.87. The number of carbonyl (C=O) groups is 2. The molecule has 0 radical (unpaired) electrons. The van der Waals surface area contributed by atoms with Crippen molar-refractivity contribution < 1.29 is 23.5 Å². The van der Waals surface area contributed by atoms with Gasteiger partial charge in [0.15, 0.2) is 17.7 Å². The van der Waals surface area contributed by atoms with Gasteiger partial charge in [-0.05, 0) is 61.7 Å². The molecule has 0 heterocycles. The fourth-order valence-electron chi connectivity index (χ4n) is 2.32. The Bertz CT molecular complexity index is 896. The van der Waals surface area contributed by atoms with E-state index in [9.17, 15) is 14.0 Å². The van der Waals surface area contributed by atoms with E-state index < -0.39 is 23.7 Å². The van der Waals surface area contributed by atoms with E-state index in [-0.39, 0.29) is 5.75 Å². The first-order chi connectivity index (χ1) is 13.3. The van der Waals surface area contributed by atoms with Gasteiger partial charge in [-0.2, -0.15) is 0 Å². The van der Waals surface area contributed by atoms with E-state index in [1.807, 2.05) is 26.0 Å². The van der Waals surface area contributed by atoms with Crippen LogP contribution in [-0.4, -0.2) is 25.0 Å². The molecule has 2 aromatic carbocycles. The molecule has 0 spiro atoms. The highest BCUT2D eigenvalue weighted by Gasteiger charge is 2.16. The summed E-state index contributed by atoms with van der Waals surface area (Å²) in [6.45, 7) is 5.44. The molecule has 0 saturated carbocycles. The van der Waals surface area contributed by atoms with Crippen molar-refractivity contribution in [2.75, 3.05) is 7.11 Å². The number of hydrogen-bond donors (Lipinski definition) is 2. The van der Waals surface area contributed by atoms with E-state index in [4.69, 9.17) is 9.47 Å². The van der Waals surface area contributed by atoms with Gasteiger partial charge in [-0.1, -0.05) is 18.2 Å². The van der Waals surface area contributed by atoms with E-state index in [2.05, 4.69) is 10.9 Å². The van der Waals surface area contributed by atoms with Crippen molar-refractivity contribution in [2.45, 2.75) is 26.9 Å². The van der Waals surface area contributed by atoms with Gasteiger partial charge in [-0.25, -0.2) is 4.39 Å². The fourth-order valence-corrected chi connectivity index (χ4v) is 2.32. The smallest absolute Gasteiger partial charge is 0.279 e. The Morgan fingerprint density at radius 1 is 1.11 bits per heavy atom. The minimum atomic E-state index is -0.805. The first-order valence-electron chi connectivity index (χ1n) is 8.66. The van der Waals surface area contributed by atoms with Crippen LogP contribution in [0.4, 0.5) is 4.39 Å². The van der Waals surface area contributed by atoms with Crippen LogP contribution in [0.3, 0.4) is 0 Å². The molecule has 1 unspecified atom stereocenters. The molecule has 6 nitrogen and oxygen atoms in total. The lowest BCUT2D eigenvalue weighted by molar-refractivity contribution is -0.131. The van der Waals surface area contributed by atoms with Gasteiger partial charge in [0.25, 0.3) is 11.8 Å². The van der Waals surface area contributed by atoms with E-state index in [1.54, 1.807) is 19.1 Å². The van der Waals surface area contributed by atoms with Crippen molar-refractivity contribution >= 4 is 17.9 Å². The van der Waals surface area contributed by atoms with Crippen molar-refractivity contribution in [2.24, 2.45) is 0 Å². The molecule has 28 heavy (non-hydrogen) atoms. The summed E-state index contributed by atoms with van der Waals surface area (Å²) in [4.78, 5) is 23.9. The zero-order chi connectivity index (χ0) is 20.7. The summed E-state index contributed by atoms with van der Waals surface area (Å²) in [5.74, 6) is -0.875. The molecule has 0 aliphatic heterocycles. The van der Waals surface area contributed by atoms with Crippen molar-refractivity contribution in [3.8, 4) is 11.5 Å². The second kappa shape index (κ2) is 9.55. The quantitative estimate of drug-likeness (QED) is 0.591. The van der Waals surface area contributed by atoms with Gasteiger partial charge in [0.05, 0.1) is 7.11 Å². The molecule has 0 saturated heterocycles. The normalized spacial score (nSPS) is 11.8. The Balaban J connectivity index is 1.86. The van der Waals surface area contributed by atoms with Crippen LogP contribution < -0.4 is 20.3 Å². The Hall–Kier alpha value is -3.35. The molecule has 2 N–H and O–H groups in total. The van der Waals surface area contributed by atoms with Gasteiger partial charge >= 0.3 is 0 Å². The third-order valence-corrected chi connectivity index (χ3v) is 4.14. The zero-order valence-electron chi connectivity index (χ0n) is 16.2. The van der Waals surface area contributed by atoms with Crippen LogP contribution in [0.25, 0.3) is 6.08 Å². The predicted octanol–water partition coefficient (Wildman–Crippen LogP) is 3.08. The molecule has 0 bridgehead atoms. The fraction of sp³-hybridized carbons (Fsp3) is 0.238. The second-order valence-electron chi connectivity index (χ2n) is 6.16. The second-order valence-corrected chi connectivity index (χ2v) is 6.16. The van der Waals surface area contributed by atoms with Crippen LogP contribution in [0.15, 0.2) is 42.5 Å². The zero-order valence-corrected chi connectivity index (χ0v) is 16.2. The SMILES string of the molecule is COc1ccc(/C=C/C(=O)NNC(=O)C(C)Oc2cccc(C)c2C)cc1F. The molecule has 2 aromatic rings. The summed E-state index contributed by atoms with van der Waals surface area (Å²) in [6.07, 6.45) is 1.79. The number of aryl methyl sites for hydroxylation is 1. The molecular formula is C21H23FN2O4. The Morgan fingerprint density at radius 3 is 2.54 bits per heavy atom. The number of amides is 2. The summed E-state index contributed by atoms with van der Waals surface area (Å²) < 4.78 is 24.1. The van der Waals surface area contributed by atoms with Crippen LogP contribution in [0.5, 0.6) is 11.5 Å². The first kappa shape index (κ1) is 21.0. The molecule has 7 heteroatoms. The van der Waals surface area contributed by atoms with Crippen molar-refractivity contribution in [1.29, 1.82) is 0 Å². The van der Waals surface area contributed by atoms with Gasteiger partial charge in [-0.3, -0.25) is 20.4 Å². The van der Waals surface area contributed by atoms with E-state index in [0.29, 0.717) is 11.3 Å². The third kappa shape index (κ3) is 5.57. The number of methoxy groups -OCH3 is 1. The summed E-state index contributed by atoms with van der Waals surface area (Å²) in [5.41, 5.74) is 7.03. The Kier molecular flexibility index (Phi) is 7.14. The van der Waals surface area contributed by atoms with Crippen LogP contribution in [0.2, 0.25) is 0 Å². The maximum Gasteiger partial charge on any atom is 0.279 e. The van der Waals surface area contributed by atoms with Gasteiger partial charge < -0.3 is 9.47 Å². The lowest BCUT2D eigenvalue weighted by Crippen LogP contribution is -2.46. The lowest BCUT2D eigenvalue weighted by atomic mass is 10.1.